The quantitative estimate of drug-likeness (QED) is 0.876. The van der Waals surface area contributed by atoms with Crippen molar-refractivity contribution >= 4 is 5.82 Å². The number of ether oxygens (including phenoxy) is 2. The van der Waals surface area contributed by atoms with Crippen LogP contribution in [0.25, 0.3) is 11.3 Å². The Bertz CT molecular complexity index is 599. The molecule has 0 amide bonds. The van der Waals surface area contributed by atoms with Crippen LogP contribution in [0.2, 0.25) is 0 Å². The minimum Gasteiger partial charge on any atom is -0.454 e. The first-order valence-corrected chi connectivity index (χ1v) is 5.55. The number of nitrogens with one attached hydrogen (secondary N) is 1. The molecular weight excluding hydrogens is 230 g/mol. The Kier molecular flexibility index (Phi) is 2.51. The van der Waals surface area contributed by atoms with Crippen LogP contribution in [-0.4, -0.2) is 16.8 Å². The molecule has 0 bridgehead atoms. The van der Waals surface area contributed by atoms with E-state index < -0.39 is 0 Å². The van der Waals surface area contributed by atoms with Crippen LogP contribution in [0, 0.1) is 14.0 Å². The third-order valence-corrected chi connectivity index (χ3v) is 2.69. The van der Waals surface area contributed by atoms with Crippen LogP contribution in [0.1, 0.15) is 5.82 Å². The molecule has 0 saturated carbocycles. The second-order valence-electron chi connectivity index (χ2n) is 3.93. The van der Waals surface area contributed by atoms with Crippen molar-refractivity contribution in [2.24, 2.45) is 0 Å². The van der Waals surface area contributed by atoms with Crippen molar-refractivity contribution in [2.75, 3.05) is 12.1 Å². The number of anilines is 1. The van der Waals surface area contributed by atoms with E-state index in [4.69, 9.17) is 9.47 Å². The van der Waals surface area contributed by atoms with Crippen molar-refractivity contribution in [3.63, 3.8) is 0 Å². The van der Waals surface area contributed by atoms with E-state index in [1.807, 2.05) is 31.2 Å². The third-order valence-electron chi connectivity index (χ3n) is 2.69. The first-order valence-electron chi connectivity index (χ1n) is 5.55. The number of hydrogen-bond acceptors (Lipinski definition) is 5. The number of nitrogens with zero attached hydrogens (tertiary/aromatic N) is 2. The number of aromatic nitrogens is 2. The van der Waals surface area contributed by atoms with Gasteiger partial charge in [0, 0.05) is 18.7 Å². The molecule has 3 rings (SSSR count). The number of aryl methyl sites for hydroxylation is 1. The molecular formula is C13H12N3O2. The monoisotopic (exact) mass is 242 g/mol. The Morgan fingerprint density at radius 2 is 2.00 bits per heavy atom. The first-order chi connectivity index (χ1) is 8.76. The van der Waals surface area contributed by atoms with Gasteiger partial charge in [-0.15, -0.1) is 0 Å². The lowest BCUT2D eigenvalue weighted by molar-refractivity contribution is 0.174. The maximum Gasteiger partial charge on any atom is 0.231 e. The summed E-state index contributed by atoms with van der Waals surface area (Å²) in [4.78, 5) is 8.61. The first kappa shape index (κ1) is 10.8. The van der Waals surface area contributed by atoms with Gasteiger partial charge in [0.2, 0.25) is 6.79 Å². The minimum absolute atomic E-state index is 0.271. The highest BCUT2D eigenvalue weighted by molar-refractivity contribution is 5.66. The van der Waals surface area contributed by atoms with Gasteiger partial charge in [-0.25, -0.2) is 9.97 Å². The van der Waals surface area contributed by atoms with Crippen LogP contribution >= 0.6 is 0 Å². The lowest BCUT2D eigenvalue weighted by Gasteiger charge is -2.06. The van der Waals surface area contributed by atoms with Crippen LogP contribution in [-0.2, 0) is 0 Å². The maximum atomic E-state index is 5.35. The van der Waals surface area contributed by atoms with E-state index in [0.29, 0.717) is 11.6 Å². The molecule has 0 fully saturated rings. The normalized spacial score (nSPS) is 12.6. The third kappa shape index (κ3) is 1.84. The summed E-state index contributed by atoms with van der Waals surface area (Å²) in [5, 5.41) is 2.77. The largest absolute Gasteiger partial charge is 0.454 e. The Hall–Kier alpha value is -2.30. The Morgan fingerprint density at radius 1 is 1.17 bits per heavy atom. The van der Waals surface area contributed by atoms with Crippen molar-refractivity contribution in [1.82, 2.24) is 9.97 Å². The molecule has 1 aliphatic rings. The molecule has 2 aromatic rings. The van der Waals surface area contributed by atoms with E-state index in [1.165, 1.54) is 0 Å². The Balaban J connectivity index is 2.06. The van der Waals surface area contributed by atoms with Crippen LogP contribution in [0.4, 0.5) is 5.82 Å². The van der Waals surface area contributed by atoms with Gasteiger partial charge in [-0.3, -0.25) is 0 Å². The summed E-state index contributed by atoms with van der Waals surface area (Å²) >= 11 is 0. The van der Waals surface area contributed by atoms with E-state index in [-0.39, 0.29) is 6.79 Å². The molecule has 1 aromatic carbocycles. The highest BCUT2D eigenvalue weighted by atomic mass is 16.7. The number of rotatable bonds is 2. The van der Waals surface area contributed by atoms with Gasteiger partial charge in [0.1, 0.15) is 11.6 Å². The summed E-state index contributed by atoms with van der Waals surface area (Å²) in [6.07, 6.45) is 0. The Labute approximate surface area is 105 Å². The molecule has 0 aliphatic carbocycles. The molecule has 91 valence electrons. The maximum absolute atomic E-state index is 5.35. The fourth-order valence-corrected chi connectivity index (χ4v) is 1.86. The van der Waals surface area contributed by atoms with Crippen molar-refractivity contribution < 1.29 is 9.47 Å². The van der Waals surface area contributed by atoms with Gasteiger partial charge in [0.15, 0.2) is 11.5 Å². The zero-order valence-corrected chi connectivity index (χ0v) is 9.93. The van der Waals surface area contributed by atoms with Crippen molar-refractivity contribution in [3.05, 3.63) is 37.1 Å². The van der Waals surface area contributed by atoms with Crippen molar-refractivity contribution in [3.8, 4) is 22.8 Å². The lowest BCUT2D eigenvalue weighted by atomic mass is 10.1. The predicted octanol–water partition coefficient (Wildman–Crippen LogP) is 2.38. The molecule has 0 spiro atoms. The molecule has 1 aliphatic heterocycles. The lowest BCUT2D eigenvalue weighted by Crippen LogP contribution is -1.96. The summed E-state index contributed by atoms with van der Waals surface area (Å²) in [5.41, 5.74) is 1.79. The van der Waals surface area contributed by atoms with Crippen LogP contribution in [0.3, 0.4) is 0 Å². The van der Waals surface area contributed by atoms with Gasteiger partial charge in [-0.05, 0) is 25.1 Å². The number of benzene rings is 1. The fourth-order valence-electron chi connectivity index (χ4n) is 1.86. The zero-order valence-electron chi connectivity index (χ0n) is 9.93. The van der Waals surface area contributed by atoms with Gasteiger partial charge in [0.05, 0.1) is 5.69 Å². The average Bonchev–Trinajstić information content (AvgIpc) is 2.85. The summed E-state index contributed by atoms with van der Waals surface area (Å²) in [7, 11) is 3.60. The molecule has 18 heavy (non-hydrogen) atoms. The van der Waals surface area contributed by atoms with E-state index >= 15 is 0 Å². The van der Waals surface area contributed by atoms with Crippen molar-refractivity contribution in [1.29, 1.82) is 0 Å². The molecule has 0 atom stereocenters. The second kappa shape index (κ2) is 4.18. The minimum atomic E-state index is 0.271. The highest BCUT2D eigenvalue weighted by Gasteiger charge is 2.14. The van der Waals surface area contributed by atoms with Gasteiger partial charge >= 0.3 is 0 Å². The molecule has 0 saturated heterocycles. The van der Waals surface area contributed by atoms with Gasteiger partial charge < -0.3 is 14.8 Å². The smallest absolute Gasteiger partial charge is 0.231 e. The van der Waals surface area contributed by atoms with E-state index in [0.717, 1.165) is 22.8 Å². The van der Waals surface area contributed by atoms with Gasteiger partial charge in [-0.1, -0.05) is 0 Å². The highest BCUT2D eigenvalue weighted by Crippen LogP contribution is 2.35. The van der Waals surface area contributed by atoms with E-state index in [2.05, 4.69) is 22.3 Å². The fraction of sp³-hybridized carbons (Fsp3) is 0.154. The SMILES string of the molecule is [CH2]Nc1cc(-c2ccc3c(c2)OCO3)nc(C)n1. The molecule has 1 aromatic heterocycles. The zero-order chi connectivity index (χ0) is 12.5. The molecule has 0 unspecified atom stereocenters. The summed E-state index contributed by atoms with van der Waals surface area (Å²) < 4.78 is 10.6. The predicted molar refractivity (Wildman–Crippen MR) is 67.3 cm³/mol. The molecule has 5 nitrogen and oxygen atoms in total. The topological polar surface area (TPSA) is 56.3 Å². The summed E-state index contributed by atoms with van der Waals surface area (Å²) in [5.74, 6) is 2.89. The molecule has 2 heterocycles. The summed E-state index contributed by atoms with van der Waals surface area (Å²) in [6.45, 7) is 2.12. The van der Waals surface area contributed by atoms with Crippen LogP contribution in [0.5, 0.6) is 11.5 Å². The Morgan fingerprint density at radius 3 is 2.83 bits per heavy atom. The van der Waals surface area contributed by atoms with E-state index in [9.17, 15) is 0 Å². The van der Waals surface area contributed by atoms with Crippen LogP contribution in [0.15, 0.2) is 24.3 Å². The second-order valence-corrected chi connectivity index (χ2v) is 3.93. The van der Waals surface area contributed by atoms with Gasteiger partial charge in [0.25, 0.3) is 0 Å². The number of hydrogen-bond donors (Lipinski definition) is 1. The van der Waals surface area contributed by atoms with Crippen LogP contribution < -0.4 is 14.8 Å². The van der Waals surface area contributed by atoms with E-state index in [1.54, 1.807) is 0 Å². The standard InChI is InChI=1S/C13H12N3O2/c1-8-15-10(6-13(14-2)16-8)9-3-4-11-12(5-9)18-7-17-11/h3-6H,2,7H2,1H3,(H,14,15,16). The molecule has 5 heteroatoms. The molecule has 1 N–H and O–H groups in total. The summed E-state index contributed by atoms with van der Waals surface area (Å²) in [6, 6.07) is 7.59. The number of fused-ring (bicyclic) bond motifs is 1. The molecule has 1 radical (unpaired) electrons. The van der Waals surface area contributed by atoms with Crippen molar-refractivity contribution in [2.45, 2.75) is 6.92 Å². The van der Waals surface area contributed by atoms with Gasteiger partial charge in [-0.2, -0.15) is 0 Å². The average molecular weight is 242 g/mol.